The van der Waals surface area contributed by atoms with Gasteiger partial charge in [-0.05, 0) is 50.8 Å². The standard InChI is InChI=1S/C17H21N3O3S/c1-12-4-8-15(9-5-12)24(22,23)19-16-10-13(17(18)21)6-7-14(16)11-20(2)3/h4-10,19H,11H2,1-3H3,(H2,18,21). The fraction of sp³-hybridized carbons (Fsp3) is 0.235. The van der Waals surface area contributed by atoms with Gasteiger partial charge in [0.2, 0.25) is 5.91 Å². The average molecular weight is 347 g/mol. The quantitative estimate of drug-likeness (QED) is 0.835. The molecule has 24 heavy (non-hydrogen) atoms. The SMILES string of the molecule is Cc1ccc(S(=O)(=O)Nc2cc(C(N)=O)ccc2CN(C)C)cc1. The fourth-order valence-corrected chi connectivity index (χ4v) is 3.32. The van der Waals surface area contributed by atoms with Crippen molar-refractivity contribution < 1.29 is 13.2 Å². The molecule has 7 heteroatoms. The monoisotopic (exact) mass is 347 g/mol. The maximum atomic E-state index is 12.6. The summed E-state index contributed by atoms with van der Waals surface area (Å²) in [5.41, 5.74) is 7.62. The number of sulfonamides is 1. The molecular weight excluding hydrogens is 326 g/mol. The second-order valence-electron chi connectivity index (χ2n) is 5.89. The van der Waals surface area contributed by atoms with Crippen LogP contribution in [-0.2, 0) is 16.6 Å². The molecule has 0 radical (unpaired) electrons. The van der Waals surface area contributed by atoms with Gasteiger partial charge in [-0.15, -0.1) is 0 Å². The van der Waals surface area contributed by atoms with Crippen molar-refractivity contribution in [2.24, 2.45) is 5.73 Å². The first kappa shape index (κ1) is 18.0. The van der Waals surface area contributed by atoms with Crippen LogP contribution in [0.5, 0.6) is 0 Å². The molecule has 0 heterocycles. The number of carbonyl (C=O) groups excluding carboxylic acids is 1. The zero-order valence-electron chi connectivity index (χ0n) is 13.9. The van der Waals surface area contributed by atoms with Gasteiger partial charge in [0, 0.05) is 12.1 Å². The molecule has 0 aliphatic carbocycles. The number of nitrogens with zero attached hydrogens (tertiary/aromatic N) is 1. The number of hydrogen-bond acceptors (Lipinski definition) is 4. The highest BCUT2D eigenvalue weighted by Gasteiger charge is 2.17. The Morgan fingerprint density at radius 2 is 1.75 bits per heavy atom. The Morgan fingerprint density at radius 1 is 1.12 bits per heavy atom. The summed E-state index contributed by atoms with van der Waals surface area (Å²) in [5.74, 6) is -0.609. The fourth-order valence-electron chi connectivity index (χ4n) is 2.22. The van der Waals surface area contributed by atoms with Crippen molar-refractivity contribution in [3.8, 4) is 0 Å². The molecule has 2 aromatic rings. The van der Waals surface area contributed by atoms with E-state index >= 15 is 0 Å². The normalized spacial score (nSPS) is 11.5. The summed E-state index contributed by atoms with van der Waals surface area (Å²) in [4.78, 5) is 13.5. The molecule has 0 saturated heterocycles. The molecule has 128 valence electrons. The molecule has 0 saturated carbocycles. The lowest BCUT2D eigenvalue weighted by atomic mass is 10.1. The summed E-state index contributed by atoms with van der Waals surface area (Å²) in [5, 5.41) is 0. The molecule has 2 rings (SSSR count). The van der Waals surface area contributed by atoms with Crippen molar-refractivity contribution in [2.75, 3.05) is 18.8 Å². The molecule has 0 spiro atoms. The first-order valence-corrected chi connectivity index (χ1v) is 8.84. The van der Waals surface area contributed by atoms with Crippen LogP contribution in [0.3, 0.4) is 0 Å². The zero-order chi connectivity index (χ0) is 17.9. The lowest BCUT2D eigenvalue weighted by Crippen LogP contribution is -2.19. The summed E-state index contributed by atoms with van der Waals surface area (Å²) in [7, 11) is -0.000984. The third-order valence-electron chi connectivity index (χ3n) is 3.46. The van der Waals surface area contributed by atoms with Crippen LogP contribution in [-0.4, -0.2) is 33.3 Å². The van der Waals surface area contributed by atoms with Gasteiger partial charge in [0.15, 0.2) is 0 Å². The van der Waals surface area contributed by atoms with Gasteiger partial charge in [-0.25, -0.2) is 8.42 Å². The van der Waals surface area contributed by atoms with Gasteiger partial charge in [0.05, 0.1) is 10.6 Å². The molecular formula is C17H21N3O3S. The molecule has 6 nitrogen and oxygen atoms in total. The van der Waals surface area contributed by atoms with Crippen LogP contribution in [0.4, 0.5) is 5.69 Å². The molecule has 0 aromatic heterocycles. The van der Waals surface area contributed by atoms with Crippen LogP contribution < -0.4 is 10.5 Å². The van der Waals surface area contributed by atoms with E-state index in [1.165, 1.54) is 6.07 Å². The Balaban J connectivity index is 2.43. The molecule has 0 aliphatic heterocycles. The van der Waals surface area contributed by atoms with Crippen molar-refractivity contribution in [2.45, 2.75) is 18.4 Å². The number of anilines is 1. The largest absolute Gasteiger partial charge is 0.366 e. The van der Waals surface area contributed by atoms with Crippen LogP contribution >= 0.6 is 0 Å². The predicted octanol–water partition coefficient (Wildman–Crippen LogP) is 1.96. The summed E-state index contributed by atoms with van der Waals surface area (Å²) >= 11 is 0. The number of benzene rings is 2. The van der Waals surface area contributed by atoms with E-state index in [0.717, 1.165) is 11.1 Å². The van der Waals surface area contributed by atoms with Gasteiger partial charge in [-0.2, -0.15) is 0 Å². The summed E-state index contributed by atoms with van der Waals surface area (Å²) < 4.78 is 27.7. The van der Waals surface area contributed by atoms with Crippen LogP contribution in [0, 0.1) is 6.92 Å². The average Bonchev–Trinajstić information content (AvgIpc) is 2.48. The maximum absolute atomic E-state index is 12.6. The number of rotatable bonds is 6. The Bertz CT molecular complexity index is 844. The first-order chi connectivity index (χ1) is 11.2. The molecule has 2 aromatic carbocycles. The smallest absolute Gasteiger partial charge is 0.261 e. The number of primary amides is 1. The van der Waals surface area contributed by atoms with Crippen LogP contribution in [0.25, 0.3) is 0 Å². The van der Waals surface area contributed by atoms with Gasteiger partial charge in [0.1, 0.15) is 0 Å². The highest BCUT2D eigenvalue weighted by molar-refractivity contribution is 7.92. The molecule has 0 bridgehead atoms. The lowest BCUT2D eigenvalue weighted by molar-refractivity contribution is 0.100. The Kier molecular flexibility index (Phi) is 5.26. The van der Waals surface area contributed by atoms with Crippen molar-refractivity contribution in [1.82, 2.24) is 4.90 Å². The molecule has 0 unspecified atom stereocenters. The van der Waals surface area contributed by atoms with Gasteiger partial charge in [0.25, 0.3) is 10.0 Å². The van der Waals surface area contributed by atoms with Gasteiger partial charge < -0.3 is 10.6 Å². The van der Waals surface area contributed by atoms with Crippen LogP contribution in [0.1, 0.15) is 21.5 Å². The second-order valence-corrected chi connectivity index (χ2v) is 7.57. The van der Waals surface area contributed by atoms with Crippen molar-refractivity contribution in [3.63, 3.8) is 0 Å². The van der Waals surface area contributed by atoms with Gasteiger partial charge >= 0.3 is 0 Å². The van der Waals surface area contributed by atoms with Crippen molar-refractivity contribution in [1.29, 1.82) is 0 Å². The van der Waals surface area contributed by atoms with E-state index in [4.69, 9.17) is 5.73 Å². The van der Waals surface area contributed by atoms with Crippen LogP contribution in [0.2, 0.25) is 0 Å². The third-order valence-corrected chi connectivity index (χ3v) is 4.84. The number of aryl methyl sites for hydroxylation is 1. The van der Waals surface area contributed by atoms with E-state index in [0.29, 0.717) is 12.2 Å². The van der Waals surface area contributed by atoms with Gasteiger partial charge in [-0.3, -0.25) is 9.52 Å². The molecule has 3 N–H and O–H groups in total. The van der Waals surface area contributed by atoms with Crippen LogP contribution in [0.15, 0.2) is 47.4 Å². The maximum Gasteiger partial charge on any atom is 0.261 e. The summed E-state index contributed by atoms with van der Waals surface area (Å²) in [6.45, 7) is 2.40. The summed E-state index contributed by atoms with van der Waals surface area (Å²) in [6.07, 6.45) is 0. The van der Waals surface area contributed by atoms with E-state index in [1.54, 1.807) is 36.4 Å². The lowest BCUT2D eigenvalue weighted by Gasteiger charge is -2.17. The Hall–Kier alpha value is -2.38. The van der Waals surface area contributed by atoms with Gasteiger partial charge in [-0.1, -0.05) is 23.8 Å². The van der Waals surface area contributed by atoms with E-state index in [9.17, 15) is 13.2 Å². The minimum atomic E-state index is -3.75. The summed E-state index contributed by atoms with van der Waals surface area (Å²) in [6, 6.07) is 11.3. The highest BCUT2D eigenvalue weighted by Crippen LogP contribution is 2.23. The minimum absolute atomic E-state index is 0.161. The van der Waals surface area contributed by atoms with Crippen molar-refractivity contribution in [3.05, 3.63) is 59.2 Å². The third kappa shape index (κ3) is 4.33. The Morgan fingerprint density at radius 3 is 2.29 bits per heavy atom. The molecule has 1 amide bonds. The topological polar surface area (TPSA) is 92.5 Å². The number of nitrogens with two attached hydrogens (primary N) is 1. The predicted molar refractivity (Wildman–Crippen MR) is 94.3 cm³/mol. The second kappa shape index (κ2) is 7.02. The van der Waals surface area contributed by atoms with E-state index in [-0.39, 0.29) is 10.5 Å². The number of amides is 1. The number of hydrogen-bond donors (Lipinski definition) is 2. The molecule has 0 fully saturated rings. The first-order valence-electron chi connectivity index (χ1n) is 7.36. The van der Waals surface area contributed by atoms with E-state index < -0.39 is 15.9 Å². The number of nitrogens with one attached hydrogen (secondary N) is 1. The van der Waals surface area contributed by atoms with Crippen molar-refractivity contribution >= 4 is 21.6 Å². The minimum Gasteiger partial charge on any atom is -0.366 e. The molecule has 0 aliphatic rings. The zero-order valence-corrected chi connectivity index (χ0v) is 14.7. The van der Waals surface area contributed by atoms with E-state index in [2.05, 4.69) is 4.72 Å². The highest BCUT2D eigenvalue weighted by atomic mass is 32.2. The Labute approximate surface area is 142 Å². The van der Waals surface area contributed by atoms with E-state index in [1.807, 2.05) is 25.9 Å². The molecule has 0 atom stereocenters. The number of carbonyl (C=O) groups is 1.